The molecule has 0 heterocycles. The summed E-state index contributed by atoms with van der Waals surface area (Å²) < 4.78 is 0. The van der Waals surface area contributed by atoms with Gasteiger partial charge in [-0.3, -0.25) is 4.90 Å². The number of alkyl halides is 1. The third kappa shape index (κ3) is 5.01. The number of halogens is 1. The first kappa shape index (κ1) is 13.0. The summed E-state index contributed by atoms with van der Waals surface area (Å²) in [6.45, 7) is 1.97. The van der Waals surface area contributed by atoms with E-state index in [1.54, 1.807) is 0 Å². The first-order valence-corrected chi connectivity index (χ1v) is 6.47. The van der Waals surface area contributed by atoms with Gasteiger partial charge in [0.2, 0.25) is 0 Å². The van der Waals surface area contributed by atoms with Crippen molar-refractivity contribution in [1.29, 1.82) is 0 Å². The van der Waals surface area contributed by atoms with Gasteiger partial charge in [0, 0.05) is 25.0 Å². The predicted octanol–water partition coefficient (Wildman–Crippen LogP) is 2.41. The van der Waals surface area contributed by atoms with Crippen LogP contribution < -0.4 is 0 Å². The van der Waals surface area contributed by atoms with Crippen molar-refractivity contribution >= 4 is 11.6 Å². The van der Waals surface area contributed by atoms with E-state index in [4.69, 9.17) is 16.7 Å². The van der Waals surface area contributed by atoms with Gasteiger partial charge in [-0.1, -0.05) is 31.4 Å². The van der Waals surface area contributed by atoms with E-state index in [-0.39, 0.29) is 6.61 Å². The minimum absolute atomic E-state index is 0.255. The van der Waals surface area contributed by atoms with Crippen LogP contribution in [0.4, 0.5) is 0 Å². The number of rotatable bonds is 6. The monoisotopic (exact) mass is 231 g/mol. The first-order valence-electron chi connectivity index (χ1n) is 5.94. The lowest BCUT2D eigenvalue weighted by molar-refractivity contribution is 0.137. The summed E-state index contributed by atoms with van der Waals surface area (Å²) in [6.07, 6.45) is 10.7. The van der Waals surface area contributed by atoms with Crippen molar-refractivity contribution in [2.75, 3.05) is 25.6 Å². The van der Waals surface area contributed by atoms with E-state index in [1.807, 2.05) is 6.08 Å². The summed E-state index contributed by atoms with van der Waals surface area (Å²) in [4.78, 5) is 2.38. The van der Waals surface area contributed by atoms with Gasteiger partial charge >= 0.3 is 0 Å². The molecule has 1 aliphatic rings. The number of aliphatic hydroxyl groups excluding tert-OH is 1. The van der Waals surface area contributed by atoms with Crippen LogP contribution in [0.5, 0.6) is 0 Å². The molecule has 0 aromatic carbocycles. The zero-order chi connectivity index (χ0) is 10.9. The molecule has 1 aliphatic carbocycles. The molecule has 2 nitrogen and oxygen atoms in total. The minimum Gasteiger partial charge on any atom is -0.395 e. The van der Waals surface area contributed by atoms with E-state index in [2.05, 4.69) is 11.0 Å². The summed E-state index contributed by atoms with van der Waals surface area (Å²) in [5.41, 5.74) is 0. The maximum absolute atomic E-state index is 9.03. The average Bonchev–Trinajstić information content (AvgIpc) is 2.29. The first-order chi connectivity index (χ1) is 7.38. The molecule has 0 atom stereocenters. The summed E-state index contributed by atoms with van der Waals surface area (Å²) in [5, 5.41) is 9.03. The van der Waals surface area contributed by atoms with Gasteiger partial charge in [0.1, 0.15) is 0 Å². The van der Waals surface area contributed by atoms with Crippen LogP contribution in [0, 0.1) is 0 Å². The molecule has 88 valence electrons. The topological polar surface area (TPSA) is 23.5 Å². The lowest BCUT2D eigenvalue weighted by Crippen LogP contribution is -2.38. The van der Waals surface area contributed by atoms with Crippen molar-refractivity contribution in [2.45, 2.75) is 38.1 Å². The molecule has 1 saturated carbocycles. The van der Waals surface area contributed by atoms with Crippen LogP contribution in [-0.2, 0) is 0 Å². The molecule has 0 bridgehead atoms. The van der Waals surface area contributed by atoms with Crippen molar-refractivity contribution < 1.29 is 5.11 Å². The second-order valence-electron chi connectivity index (χ2n) is 4.14. The van der Waals surface area contributed by atoms with Crippen LogP contribution in [0.15, 0.2) is 12.2 Å². The SMILES string of the molecule is OCCN(CC=CCCl)C1CCCCC1. The Morgan fingerprint density at radius 2 is 1.93 bits per heavy atom. The van der Waals surface area contributed by atoms with Crippen LogP contribution >= 0.6 is 11.6 Å². The van der Waals surface area contributed by atoms with Gasteiger partial charge < -0.3 is 5.11 Å². The van der Waals surface area contributed by atoms with Gasteiger partial charge in [-0.2, -0.15) is 0 Å². The van der Waals surface area contributed by atoms with E-state index in [0.29, 0.717) is 11.9 Å². The van der Waals surface area contributed by atoms with Crippen LogP contribution in [-0.4, -0.2) is 41.6 Å². The number of allylic oxidation sites excluding steroid dienone is 1. The maximum atomic E-state index is 9.03. The molecule has 0 saturated heterocycles. The van der Waals surface area contributed by atoms with E-state index >= 15 is 0 Å². The van der Waals surface area contributed by atoms with Crippen molar-refractivity contribution in [2.24, 2.45) is 0 Å². The second-order valence-corrected chi connectivity index (χ2v) is 4.44. The lowest BCUT2D eigenvalue weighted by Gasteiger charge is -2.33. The Morgan fingerprint density at radius 3 is 2.53 bits per heavy atom. The van der Waals surface area contributed by atoms with Gasteiger partial charge in [-0.25, -0.2) is 0 Å². The summed E-state index contributed by atoms with van der Waals surface area (Å²) in [5.74, 6) is 0.581. The Morgan fingerprint density at radius 1 is 1.20 bits per heavy atom. The molecule has 0 spiro atoms. The fraction of sp³-hybridized carbons (Fsp3) is 0.833. The number of aliphatic hydroxyl groups is 1. The van der Waals surface area contributed by atoms with Crippen molar-refractivity contribution in [3.8, 4) is 0 Å². The highest BCUT2D eigenvalue weighted by molar-refractivity contribution is 6.18. The largest absolute Gasteiger partial charge is 0.395 e. The van der Waals surface area contributed by atoms with Crippen LogP contribution in [0.3, 0.4) is 0 Å². The van der Waals surface area contributed by atoms with Crippen LogP contribution in [0.1, 0.15) is 32.1 Å². The highest BCUT2D eigenvalue weighted by atomic mass is 35.5. The van der Waals surface area contributed by atoms with E-state index in [0.717, 1.165) is 13.1 Å². The Balaban J connectivity index is 2.36. The minimum atomic E-state index is 0.255. The van der Waals surface area contributed by atoms with E-state index in [1.165, 1.54) is 32.1 Å². The number of hydrogen-bond donors (Lipinski definition) is 1. The smallest absolute Gasteiger partial charge is 0.0558 e. The molecule has 0 aromatic heterocycles. The standard InChI is InChI=1S/C12H22ClNO/c13-8-4-5-9-14(10-11-15)12-6-2-1-3-7-12/h4-5,12,15H,1-3,6-11H2. The van der Waals surface area contributed by atoms with Gasteiger partial charge in [-0.05, 0) is 12.8 Å². The second kappa shape index (κ2) is 8.14. The normalized spacial score (nSPS) is 19.1. The van der Waals surface area contributed by atoms with Gasteiger partial charge in [0.05, 0.1) is 6.61 Å². The Kier molecular flexibility index (Phi) is 7.07. The molecule has 0 amide bonds. The molecule has 3 heteroatoms. The van der Waals surface area contributed by atoms with E-state index in [9.17, 15) is 0 Å². The lowest BCUT2D eigenvalue weighted by atomic mass is 9.94. The van der Waals surface area contributed by atoms with Crippen LogP contribution in [0.25, 0.3) is 0 Å². The fourth-order valence-electron chi connectivity index (χ4n) is 2.27. The Bertz CT molecular complexity index is 178. The summed E-state index contributed by atoms with van der Waals surface area (Å²) >= 11 is 5.59. The van der Waals surface area contributed by atoms with Crippen molar-refractivity contribution in [3.63, 3.8) is 0 Å². The Labute approximate surface area is 97.9 Å². The zero-order valence-corrected chi connectivity index (χ0v) is 10.1. The fourth-order valence-corrected chi connectivity index (χ4v) is 2.40. The number of nitrogens with zero attached hydrogens (tertiary/aromatic N) is 1. The highest BCUT2D eigenvalue weighted by Crippen LogP contribution is 2.22. The Hall–Kier alpha value is -0.0500. The third-order valence-electron chi connectivity index (χ3n) is 3.07. The molecule has 0 aromatic rings. The average molecular weight is 232 g/mol. The third-order valence-corrected chi connectivity index (χ3v) is 3.25. The van der Waals surface area contributed by atoms with Crippen molar-refractivity contribution in [3.05, 3.63) is 12.2 Å². The molecular weight excluding hydrogens is 210 g/mol. The molecule has 1 N–H and O–H groups in total. The maximum Gasteiger partial charge on any atom is 0.0558 e. The van der Waals surface area contributed by atoms with Crippen LogP contribution in [0.2, 0.25) is 0 Å². The summed E-state index contributed by atoms with van der Waals surface area (Å²) in [6, 6.07) is 0.672. The summed E-state index contributed by atoms with van der Waals surface area (Å²) in [7, 11) is 0. The molecule has 1 rings (SSSR count). The number of hydrogen-bond acceptors (Lipinski definition) is 2. The van der Waals surface area contributed by atoms with Crippen molar-refractivity contribution in [1.82, 2.24) is 4.90 Å². The quantitative estimate of drug-likeness (QED) is 0.561. The zero-order valence-electron chi connectivity index (χ0n) is 9.37. The molecule has 15 heavy (non-hydrogen) atoms. The molecule has 0 aliphatic heterocycles. The van der Waals surface area contributed by atoms with E-state index < -0.39 is 0 Å². The predicted molar refractivity (Wildman–Crippen MR) is 65.4 cm³/mol. The van der Waals surface area contributed by atoms with Gasteiger partial charge in [0.25, 0.3) is 0 Å². The molecule has 0 unspecified atom stereocenters. The van der Waals surface area contributed by atoms with Gasteiger partial charge in [-0.15, -0.1) is 11.6 Å². The molecule has 1 fully saturated rings. The van der Waals surface area contributed by atoms with Gasteiger partial charge in [0.15, 0.2) is 0 Å². The molecule has 0 radical (unpaired) electrons. The molecular formula is C12H22ClNO. The highest BCUT2D eigenvalue weighted by Gasteiger charge is 2.19.